The van der Waals surface area contributed by atoms with Crippen LogP contribution in [0.2, 0.25) is 5.72 Å². The molecule has 0 unspecified atom stereocenters. The highest BCUT2D eigenvalue weighted by atomic mass is 16.7. The first-order valence-corrected chi connectivity index (χ1v) is 10.5. The SMILES string of the molecule is Cc1ccc(CCC(B2OC(C)(C)C(C)(C)O2)B2OC(C)(C)C(C)(C)O2)cc1. The third-order valence-electron chi connectivity index (χ3n) is 7.13. The van der Waals surface area contributed by atoms with Gasteiger partial charge in [0.1, 0.15) is 0 Å². The molecule has 2 fully saturated rings. The quantitative estimate of drug-likeness (QED) is 0.666. The van der Waals surface area contributed by atoms with Gasteiger partial charge in [0.05, 0.1) is 22.4 Å². The Kier molecular flexibility index (Phi) is 5.59. The van der Waals surface area contributed by atoms with E-state index in [2.05, 4.69) is 86.6 Å². The maximum absolute atomic E-state index is 6.40. The molecule has 1 aromatic rings. The molecule has 0 aromatic heterocycles. The lowest BCUT2D eigenvalue weighted by Crippen LogP contribution is -2.41. The van der Waals surface area contributed by atoms with Crippen LogP contribution in [0.5, 0.6) is 0 Å². The summed E-state index contributed by atoms with van der Waals surface area (Å²) in [5.41, 5.74) is 1.09. The minimum absolute atomic E-state index is 0.0107. The Morgan fingerprint density at radius 1 is 0.679 bits per heavy atom. The molecule has 4 nitrogen and oxygen atoms in total. The van der Waals surface area contributed by atoms with Crippen LogP contribution in [0.4, 0.5) is 0 Å². The monoisotopic (exact) mass is 386 g/mol. The topological polar surface area (TPSA) is 36.9 Å². The molecular weight excluding hydrogens is 350 g/mol. The van der Waals surface area contributed by atoms with Crippen molar-refractivity contribution in [3.05, 3.63) is 35.4 Å². The van der Waals surface area contributed by atoms with Crippen molar-refractivity contribution in [1.82, 2.24) is 0 Å². The highest BCUT2D eigenvalue weighted by Gasteiger charge is 2.61. The van der Waals surface area contributed by atoms with Gasteiger partial charge >= 0.3 is 14.2 Å². The molecule has 0 aliphatic carbocycles. The number of aryl methyl sites for hydroxylation is 2. The van der Waals surface area contributed by atoms with Crippen LogP contribution >= 0.6 is 0 Å². The first kappa shape index (κ1) is 21.9. The summed E-state index contributed by atoms with van der Waals surface area (Å²) in [5, 5.41) is 0. The molecule has 28 heavy (non-hydrogen) atoms. The zero-order valence-electron chi connectivity index (χ0n) is 19.1. The number of hydrogen-bond donors (Lipinski definition) is 0. The van der Waals surface area contributed by atoms with Gasteiger partial charge in [0.2, 0.25) is 0 Å². The fourth-order valence-electron chi connectivity index (χ4n) is 3.62. The molecule has 0 amide bonds. The molecule has 2 heterocycles. The lowest BCUT2D eigenvalue weighted by atomic mass is 9.50. The molecule has 2 aliphatic rings. The van der Waals surface area contributed by atoms with Crippen molar-refractivity contribution >= 4 is 14.2 Å². The average Bonchev–Trinajstić information content (AvgIpc) is 2.89. The zero-order chi connectivity index (χ0) is 21.0. The Morgan fingerprint density at radius 3 is 1.39 bits per heavy atom. The van der Waals surface area contributed by atoms with Gasteiger partial charge in [-0.2, -0.15) is 0 Å². The van der Waals surface area contributed by atoms with E-state index < -0.39 is 0 Å². The van der Waals surface area contributed by atoms with Crippen molar-refractivity contribution in [1.29, 1.82) is 0 Å². The molecule has 0 spiro atoms. The summed E-state index contributed by atoms with van der Waals surface area (Å²) >= 11 is 0. The van der Waals surface area contributed by atoms with Crippen LogP contribution in [-0.2, 0) is 25.0 Å². The van der Waals surface area contributed by atoms with E-state index in [1.807, 2.05) is 0 Å². The van der Waals surface area contributed by atoms with E-state index in [1.165, 1.54) is 11.1 Å². The second kappa shape index (κ2) is 7.16. The van der Waals surface area contributed by atoms with Gasteiger partial charge in [-0.05, 0) is 80.7 Å². The van der Waals surface area contributed by atoms with Crippen molar-refractivity contribution in [2.24, 2.45) is 0 Å². The Morgan fingerprint density at radius 2 is 1.04 bits per heavy atom. The largest absolute Gasteiger partial charge is 0.458 e. The second-order valence-electron chi connectivity index (χ2n) is 10.4. The van der Waals surface area contributed by atoms with E-state index in [-0.39, 0.29) is 42.4 Å². The first-order chi connectivity index (χ1) is 12.7. The van der Waals surface area contributed by atoms with E-state index in [9.17, 15) is 0 Å². The normalized spacial score (nSPS) is 24.9. The van der Waals surface area contributed by atoms with Gasteiger partial charge in [-0.15, -0.1) is 0 Å². The van der Waals surface area contributed by atoms with Crippen molar-refractivity contribution < 1.29 is 18.6 Å². The Balaban J connectivity index is 1.82. The van der Waals surface area contributed by atoms with Crippen molar-refractivity contribution in [2.75, 3.05) is 0 Å². The van der Waals surface area contributed by atoms with Crippen molar-refractivity contribution in [2.45, 2.75) is 103 Å². The first-order valence-electron chi connectivity index (χ1n) is 10.5. The van der Waals surface area contributed by atoms with Crippen LogP contribution in [0.1, 0.15) is 72.9 Å². The lowest BCUT2D eigenvalue weighted by molar-refractivity contribution is 0.00578. The van der Waals surface area contributed by atoms with Crippen molar-refractivity contribution in [3.8, 4) is 0 Å². The number of rotatable bonds is 5. The maximum Gasteiger partial charge on any atom is 0.458 e. The molecule has 0 radical (unpaired) electrons. The lowest BCUT2D eigenvalue weighted by Gasteiger charge is -2.32. The van der Waals surface area contributed by atoms with E-state index in [1.54, 1.807) is 0 Å². The summed E-state index contributed by atoms with van der Waals surface area (Å²) in [5.74, 6) is 0. The third kappa shape index (κ3) is 4.07. The fraction of sp³-hybridized carbons (Fsp3) is 0.727. The number of hydrogen-bond acceptors (Lipinski definition) is 4. The van der Waals surface area contributed by atoms with Gasteiger partial charge < -0.3 is 18.6 Å². The molecular formula is C22H36B2O4. The van der Waals surface area contributed by atoms with Crippen LogP contribution in [0.3, 0.4) is 0 Å². The molecule has 2 aliphatic heterocycles. The zero-order valence-corrected chi connectivity index (χ0v) is 19.1. The minimum Gasteiger partial charge on any atom is -0.403 e. The Bertz CT molecular complexity index is 629. The molecule has 0 saturated carbocycles. The minimum atomic E-state index is -0.372. The van der Waals surface area contributed by atoms with E-state index in [4.69, 9.17) is 18.6 Å². The summed E-state index contributed by atoms with van der Waals surface area (Å²) in [6, 6.07) is 8.71. The Hall–Kier alpha value is -0.810. The number of benzene rings is 1. The summed E-state index contributed by atoms with van der Waals surface area (Å²) in [7, 11) is -0.713. The summed E-state index contributed by atoms with van der Waals surface area (Å²) in [6.07, 6.45) is 1.80. The second-order valence-corrected chi connectivity index (χ2v) is 10.4. The van der Waals surface area contributed by atoms with Crippen molar-refractivity contribution in [3.63, 3.8) is 0 Å². The maximum atomic E-state index is 6.40. The van der Waals surface area contributed by atoms with Crippen LogP contribution < -0.4 is 0 Å². The van der Waals surface area contributed by atoms with E-state index in [0.717, 1.165) is 12.8 Å². The van der Waals surface area contributed by atoms with E-state index in [0.29, 0.717) is 0 Å². The fourth-order valence-corrected chi connectivity index (χ4v) is 3.62. The summed E-state index contributed by atoms with van der Waals surface area (Å²) in [4.78, 5) is 0. The molecule has 6 heteroatoms. The highest BCUT2D eigenvalue weighted by Crippen LogP contribution is 2.46. The van der Waals surface area contributed by atoms with Gasteiger partial charge in [-0.1, -0.05) is 29.8 Å². The van der Waals surface area contributed by atoms with Gasteiger partial charge in [0.25, 0.3) is 0 Å². The summed E-state index contributed by atoms with van der Waals surface area (Å²) < 4.78 is 25.6. The molecule has 0 bridgehead atoms. The van der Waals surface area contributed by atoms with Gasteiger partial charge in [-0.3, -0.25) is 0 Å². The van der Waals surface area contributed by atoms with Crippen LogP contribution in [0.15, 0.2) is 24.3 Å². The predicted molar refractivity (Wildman–Crippen MR) is 115 cm³/mol. The van der Waals surface area contributed by atoms with Crippen LogP contribution in [0, 0.1) is 6.92 Å². The van der Waals surface area contributed by atoms with Crippen LogP contribution in [-0.4, -0.2) is 36.6 Å². The molecule has 3 rings (SSSR count). The van der Waals surface area contributed by atoms with E-state index >= 15 is 0 Å². The molecule has 0 atom stereocenters. The van der Waals surface area contributed by atoms with Crippen LogP contribution in [0.25, 0.3) is 0 Å². The van der Waals surface area contributed by atoms with Gasteiger partial charge in [0.15, 0.2) is 0 Å². The predicted octanol–water partition coefficient (Wildman–Crippen LogP) is 5.02. The molecule has 0 N–H and O–H groups in total. The average molecular weight is 386 g/mol. The molecule has 154 valence electrons. The smallest absolute Gasteiger partial charge is 0.403 e. The van der Waals surface area contributed by atoms with Gasteiger partial charge in [0, 0.05) is 5.72 Å². The summed E-state index contributed by atoms with van der Waals surface area (Å²) in [6.45, 7) is 18.8. The standard InChI is InChI=1S/C22H36B2O4/c1-16-10-12-17(13-11-16)14-15-18(23-25-19(2,3)20(4,5)26-23)24-27-21(6,7)22(8,9)28-24/h10-13,18H,14-15H2,1-9H3. The third-order valence-corrected chi connectivity index (χ3v) is 7.13. The highest BCUT2D eigenvalue weighted by molar-refractivity contribution is 6.68. The molecule has 1 aromatic carbocycles. The van der Waals surface area contributed by atoms with Gasteiger partial charge in [-0.25, -0.2) is 0 Å². The molecule has 2 saturated heterocycles. The Labute approximate surface area is 171 Å².